The zero-order valence-electron chi connectivity index (χ0n) is 10.2. The highest BCUT2D eigenvalue weighted by Crippen LogP contribution is 2.28. The van der Waals surface area contributed by atoms with Crippen LogP contribution in [0, 0.1) is 0 Å². The third-order valence-electron chi connectivity index (χ3n) is 3.27. The predicted octanol–water partition coefficient (Wildman–Crippen LogP) is -2.36. The van der Waals surface area contributed by atoms with Gasteiger partial charge < -0.3 is 20.7 Å². The van der Waals surface area contributed by atoms with Crippen LogP contribution in [0.25, 0.3) is 11.2 Å². The van der Waals surface area contributed by atoms with Gasteiger partial charge in [-0.3, -0.25) is 14.8 Å². The number of hydrogen-bond donors (Lipinski definition) is 5. The van der Waals surface area contributed by atoms with Crippen LogP contribution < -0.4 is 17.0 Å². The molecule has 10 heteroatoms. The summed E-state index contributed by atoms with van der Waals surface area (Å²) in [7, 11) is 0. The van der Waals surface area contributed by atoms with Gasteiger partial charge in [0.05, 0.1) is 12.7 Å². The van der Waals surface area contributed by atoms with Crippen molar-refractivity contribution in [2.45, 2.75) is 24.9 Å². The van der Waals surface area contributed by atoms with Crippen molar-refractivity contribution in [3.05, 3.63) is 20.8 Å². The standard InChI is InChI=1S/C10H13N5O5/c11-9-13-7-6(8(18)14-9)12-10(19)15(7)5-1-3(17)4(2-16)20-5/h3-5,16-17H,1-2H2,(H,12,19)(H3,11,13,14,18)/t3-,4+,5+/m0/s1/i11+1,12+1,14+1. The summed E-state index contributed by atoms with van der Waals surface area (Å²) < 4.78 is 6.50. The van der Waals surface area contributed by atoms with E-state index in [4.69, 9.17) is 15.6 Å². The minimum absolute atomic E-state index is 0.0188. The van der Waals surface area contributed by atoms with Crippen molar-refractivity contribution in [1.82, 2.24) is 19.5 Å². The fourth-order valence-electron chi connectivity index (χ4n) is 2.33. The van der Waals surface area contributed by atoms with Crippen molar-refractivity contribution in [3.8, 4) is 0 Å². The van der Waals surface area contributed by atoms with Crippen molar-refractivity contribution in [2.75, 3.05) is 12.3 Å². The Morgan fingerprint density at radius 2 is 2.20 bits per heavy atom. The summed E-state index contributed by atoms with van der Waals surface area (Å²) in [6.45, 7) is -0.370. The van der Waals surface area contributed by atoms with E-state index in [1.165, 1.54) is 0 Å². The molecule has 3 heterocycles. The van der Waals surface area contributed by atoms with E-state index < -0.39 is 29.7 Å². The SMILES string of the molecule is [15NH2]c1nc2c([15nH]c(=O)n2[C@H]2C[C@H](O)[C@@H](CO)O2)c(=O)[15nH]1. The summed E-state index contributed by atoms with van der Waals surface area (Å²) >= 11 is 0. The lowest BCUT2D eigenvalue weighted by atomic mass is 10.2. The van der Waals surface area contributed by atoms with Gasteiger partial charge in [-0.05, 0) is 0 Å². The third-order valence-corrected chi connectivity index (χ3v) is 3.27. The first-order chi connectivity index (χ1) is 9.51. The molecule has 0 aromatic carbocycles. The van der Waals surface area contributed by atoms with Gasteiger partial charge in [-0.1, -0.05) is 0 Å². The molecular weight excluding hydrogens is 273 g/mol. The number of H-pyrrole nitrogens is 2. The van der Waals surface area contributed by atoms with Crippen LogP contribution in [0.3, 0.4) is 0 Å². The van der Waals surface area contributed by atoms with Gasteiger partial charge in [0.1, 0.15) is 12.3 Å². The molecule has 108 valence electrons. The molecule has 1 aliphatic heterocycles. The number of rotatable bonds is 2. The largest absolute Gasteiger partial charge is 0.394 e. The van der Waals surface area contributed by atoms with E-state index >= 15 is 0 Å². The summed E-state index contributed by atoms with van der Waals surface area (Å²) in [4.78, 5) is 32.2. The first kappa shape index (κ1) is 12.8. The molecule has 20 heavy (non-hydrogen) atoms. The second kappa shape index (κ2) is 4.44. The quantitative estimate of drug-likeness (QED) is 0.386. The maximum absolute atomic E-state index is 11.9. The van der Waals surface area contributed by atoms with E-state index in [9.17, 15) is 14.7 Å². The van der Waals surface area contributed by atoms with Crippen LogP contribution >= 0.6 is 0 Å². The molecular formula is C10H13N5O5. The van der Waals surface area contributed by atoms with Gasteiger partial charge >= 0.3 is 5.69 Å². The molecule has 2 aromatic rings. The summed E-state index contributed by atoms with van der Waals surface area (Å²) in [5, 5.41) is 18.8. The Hall–Kier alpha value is -2.17. The third kappa shape index (κ3) is 1.81. The molecule has 0 aliphatic carbocycles. The second-order valence-electron chi connectivity index (χ2n) is 4.56. The lowest BCUT2D eigenvalue weighted by Crippen LogP contribution is -2.25. The number of aromatic nitrogens is 4. The molecule has 0 radical (unpaired) electrons. The summed E-state index contributed by atoms with van der Waals surface area (Å²) in [6, 6.07) is 0. The van der Waals surface area contributed by atoms with E-state index in [1.54, 1.807) is 0 Å². The lowest BCUT2D eigenvalue weighted by molar-refractivity contribution is -0.0441. The fourth-order valence-corrected chi connectivity index (χ4v) is 2.33. The second-order valence-corrected chi connectivity index (χ2v) is 4.56. The minimum Gasteiger partial charge on any atom is -0.394 e. The van der Waals surface area contributed by atoms with E-state index in [2.05, 4.69) is 15.0 Å². The first-order valence-electron chi connectivity index (χ1n) is 5.95. The first-order valence-corrected chi connectivity index (χ1v) is 5.95. The molecule has 2 aromatic heterocycles. The van der Waals surface area contributed by atoms with Gasteiger partial charge in [0.25, 0.3) is 5.56 Å². The number of ether oxygens (including phenoxy) is 1. The maximum atomic E-state index is 11.9. The van der Waals surface area contributed by atoms with E-state index in [0.29, 0.717) is 0 Å². The number of nitrogens with zero attached hydrogens (tertiary/aromatic N) is 2. The van der Waals surface area contributed by atoms with Crippen molar-refractivity contribution in [3.63, 3.8) is 0 Å². The number of nitrogens with one attached hydrogen (secondary N) is 2. The number of nitrogen functional groups attached to an aromatic ring is 1. The zero-order chi connectivity index (χ0) is 14.4. The van der Waals surface area contributed by atoms with Crippen LogP contribution in [-0.4, -0.2) is 48.5 Å². The lowest BCUT2D eigenvalue weighted by Gasteiger charge is -2.12. The van der Waals surface area contributed by atoms with Crippen LogP contribution in [0.4, 0.5) is 5.95 Å². The van der Waals surface area contributed by atoms with Crippen molar-refractivity contribution < 1.29 is 14.9 Å². The Labute approximate surface area is 110 Å². The zero-order valence-corrected chi connectivity index (χ0v) is 10.2. The van der Waals surface area contributed by atoms with Crippen molar-refractivity contribution in [1.29, 1.82) is 0 Å². The average Bonchev–Trinajstić information content (AvgIpc) is 2.89. The summed E-state index contributed by atoms with van der Waals surface area (Å²) in [5.41, 5.74) is 4.32. The molecule has 6 N–H and O–H groups in total. The highest BCUT2D eigenvalue weighted by Gasteiger charge is 2.36. The summed E-state index contributed by atoms with van der Waals surface area (Å²) in [5.74, 6) is -0.132. The Kier molecular flexibility index (Phi) is 2.85. The van der Waals surface area contributed by atoms with Gasteiger partial charge in [0, 0.05) is 6.42 Å². The molecule has 0 unspecified atom stereocenters. The molecule has 1 saturated heterocycles. The fraction of sp³-hybridized carbons (Fsp3) is 0.500. The molecule has 0 amide bonds. The Morgan fingerprint density at radius 1 is 1.45 bits per heavy atom. The van der Waals surface area contributed by atoms with Gasteiger partial charge in [-0.25, -0.2) is 9.36 Å². The van der Waals surface area contributed by atoms with Gasteiger partial charge in [0.15, 0.2) is 11.2 Å². The highest BCUT2D eigenvalue weighted by atomic mass is 16.5. The molecule has 0 bridgehead atoms. The van der Waals surface area contributed by atoms with Crippen molar-refractivity contribution in [2.24, 2.45) is 0 Å². The van der Waals surface area contributed by atoms with Crippen molar-refractivity contribution >= 4 is 17.1 Å². The Balaban J connectivity index is 2.15. The highest BCUT2D eigenvalue weighted by molar-refractivity contribution is 5.70. The number of aliphatic hydroxyl groups excluding tert-OH is 2. The maximum Gasteiger partial charge on any atom is 0.329 e. The number of nitrogens with two attached hydrogens (primary N) is 1. The molecule has 10 nitrogen and oxygen atoms in total. The number of aromatic amines is 2. The number of anilines is 1. The van der Waals surface area contributed by atoms with Gasteiger partial charge in [0.2, 0.25) is 5.95 Å². The van der Waals surface area contributed by atoms with Crippen LogP contribution in [-0.2, 0) is 4.74 Å². The molecule has 0 saturated carbocycles. The molecule has 1 fully saturated rings. The van der Waals surface area contributed by atoms with E-state index in [-0.39, 0.29) is 30.1 Å². The van der Waals surface area contributed by atoms with Crippen LogP contribution in [0.2, 0.25) is 0 Å². The number of aliphatic hydroxyl groups is 2. The average molecular weight is 286 g/mol. The van der Waals surface area contributed by atoms with Crippen LogP contribution in [0.1, 0.15) is 12.6 Å². The number of fused-ring (bicyclic) bond motifs is 1. The minimum atomic E-state index is -0.902. The Bertz CT molecular complexity index is 761. The molecule has 3 rings (SSSR count). The number of hydrogen-bond acceptors (Lipinski definition) is 7. The monoisotopic (exact) mass is 286 g/mol. The smallest absolute Gasteiger partial charge is 0.329 e. The predicted molar refractivity (Wildman–Crippen MR) is 67.0 cm³/mol. The molecule has 1 aliphatic rings. The van der Waals surface area contributed by atoms with Crippen LogP contribution in [0.15, 0.2) is 9.59 Å². The molecule has 3 atom stereocenters. The summed E-state index contributed by atoms with van der Waals surface area (Å²) in [6.07, 6.45) is -2.40. The Morgan fingerprint density at radius 3 is 2.85 bits per heavy atom. The topological polar surface area (TPSA) is 159 Å². The van der Waals surface area contributed by atoms with E-state index in [1.807, 2.05) is 0 Å². The van der Waals surface area contributed by atoms with Gasteiger partial charge in [-0.2, -0.15) is 4.98 Å². The van der Waals surface area contributed by atoms with Gasteiger partial charge in [-0.15, -0.1) is 0 Å². The van der Waals surface area contributed by atoms with Crippen LogP contribution in [0.5, 0.6) is 0 Å². The molecule has 0 spiro atoms. The number of imidazole rings is 1. The van der Waals surface area contributed by atoms with E-state index in [0.717, 1.165) is 4.57 Å². The normalized spacial score (nSPS) is 26.4.